The number of alkyl halides is 3. The summed E-state index contributed by atoms with van der Waals surface area (Å²) in [5.74, 6) is -4.29. The van der Waals surface area contributed by atoms with Crippen LogP contribution >= 0.6 is 15.9 Å². The number of halogens is 3. The fraction of sp³-hybridized carbons (Fsp3) is 0.800. The summed E-state index contributed by atoms with van der Waals surface area (Å²) in [6.45, 7) is 1.97. The van der Waals surface area contributed by atoms with Gasteiger partial charge in [0.05, 0.1) is 4.83 Å². The molecule has 0 rings (SSSR count). The number of rotatable bonds is 2. The molecule has 0 bridgehead atoms. The number of Topliss-reactive ketones (excluding diaryl/α,β-unsaturated/α-hetero) is 1. The molecule has 0 saturated carbocycles. The lowest BCUT2D eigenvalue weighted by molar-refractivity contribution is -0.139. The molecule has 0 aromatic heterocycles. The van der Waals surface area contributed by atoms with Gasteiger partial charge in [-0.2, -0.15) is 8.78 Å². The third-order valence-electron chi connectivity index (χ3n) is 0.794. The topological polar surface area (TPSA) is 17.1 Å². The molecule has 0 aliphatic heterocycles. The number of ketones is 1. The van der Waals surface area contributed by atoms with Crippen LogP contribution in [0.2, 0.25) is 0 Å². The molecule has 0 N–H and O–H groups in total. The largest absolute Gasteiger partial charge is 0.303 e. The van der Waals surface area contributed by atoms with Crippen molar-refractivity contribution in [3.05, 3.63) is 0 Å². The molecule has 1 atom stereocenters. The normalized spacial score (nSPS) is 15.2. The number of carbonyl (C=O) groups excluding carboxylic acids is 1. The maximum absolute atomic E-state index is 12.0. The average Bonchev–Trinajstić information content (AvgIpc) is 1.62. The third-order valence-corrected chi connectivity index (χ3v) is 1.21. The van der Waals surface area contributed by atoms with Crippen molar-refractivity contribution < 1.29 is 13.6 Å². The molecule has 54 valence electrons. The maximum atomic E-state index is 12.0. The second kappa shape index (κ2) is 2.73. The Balaban J connectivity index is 4.06. The van der Waals surface area contributed by atoms with Gasteiger partial charge in [-0.15, -0.1) is 0 Å². The second-order valence-corrected chi connectivity index (χ2v) is 3.24. The summed E-state index contributed by atoms with van der Waals surface area (Å²) in [5, 5.41) is 0. The summed E-state index contributed by atoms with van der Waals surface area (Å²) in [5.41, 5.74) is 0. The van der Waals surface area contributed by atoms with Gasteiger partial charge in [0.25, 0.3) is 0 Å². The lowest BCUT2D eigenvalue weighted by Crippen LogP contribution is -2.30. The first kappa shape index (κ1) is 9.01. The highest BCUT2D eigenvalue weighted by Gasteiger charge is 2.34. The Hall–Kier alpha value is 0.01000. The van der Waals surface area contributed by atoms with Gasteiger partial charge in [0.2, 0.25) is 5.78 Å². The number of carbonyl (C=O) groups is 1. The quantitative estimate of drug-likeness (QED) is 0.624. The van der Waals surface area contributed by atoms with Crippen molar-refractivity contribution in [1.82, 2.24) is 0 Å². The predicted molar refractivity (Wildman–Crippen MR) is 34.0 cm³/mol. The standard InChI is InChI=1S/C5H7BrF2O/c1-3(6)4(9)5(2,7)8/h3H,1-2H3. The first-order chi connectivity index (χ1) is 3.85. The van der Waals surface area contributed by atoms with E-state index in [4.69, 9.17) is 0 Å². The van der Waals surface area contributed by atoms with E-state index in [1.807, 2.05) is 0 Å². The Bertz CT molecular complexity index is 117. The predicted octanol–water partition coefficient (Wildman–Crippen LogP) is 1.99. The zero-order valence-corrected chi connectivity index (χ0v) is 6.71. The fourth-order valence-corrected chi connectivity index (χ4v) is 0.751. The van der Waals surface area contributed by atoms with Crippen LogP contribution < -0.4 is 0 Å². The highest BCUT2D eigenvalue weighted by Crippen LogP contribution is 2.18. The van der Waals surface area contributed by atoms with E-state index < -0.39 is 16.5 Å². The molecule has 0 aromatic rings. The second-order valence-electron chi connectivity index (χ2n) is 1.87. The van der Waals surface area contributed by atoms with E-state index >= 15 is 0 Å². The van der Waals surface area contributed by atoms with E-state index in [0.29, 0.717) is 6.92 Å². The van der Waals surface area contributed by atoms with Crippen molar-refractivity contribution in [3.8, 4) is 0 Å². The van der Waals surface area contributed by atoms with Crippen LogP contribution in [0.1, 0.15) is 13.8 Å². The van der Waals surface area contributed by atoms with Crippen LogP contribution in [0.25, 0.3) is 0 Å². The molecule has 0 saturated heterocycles. The Morgan fingerprint density at radius 2 is 2.00 bits per heavy atom. The Labute approximate surface area is 60.6 Å². The van der Waals surface area contributed by atoms with E-state index in [-0.39, 0.29) is 0 Å². The first-order valence-corrected chi connectivity index (χ1v) is 3.33. The maximum Gasteiger partial charge on any atom is 0.303 e. The fourth-order valence-electron chi connectivity index (χ4n) is 0.349. The lowest BCUT2D eigenvalue weighted by atomic mass is 10.2. The van der Waals surface area contributed by atoms with Gasteiger partial charge in [0, 0.05) is 6.92 Å². The first-order valence-electron chi connectivity index (χ1n) is 2.42. The highest BCUT2D eigenvalue weighted by molar-refractivity contribution is 9.10. The van der Waals surface area contributed by atoms with Crippen molar-refractivity contribution in [2.45, 2.75) is 24.6 Å². The van der Waals surface area contributed by atoms with Crippen LogP contribution in [0, 0.1) is 0 Å². The van der Waals surface area contributed by atoms with Crippen LogP contribution in [-0.2, 0) is 4.79 Å². The molecule has 0 amide bonds. The van der Waals surface area contributed by atoms with Gasteiger partial charge in [-0.25, -0.2) is 0 Å². The molecule has 9 heavy (non-hydrogen) atoms. The van der Waals surface area contributed by atoms with Crippen LogP contribution in [0.5, 0.6) is 0 Å². The molecule has 0 aliphatic rings. The Morgan fingerprint density at radius 3 is 2.00 bits per heavy atom. The van der Waals surface area contributed by atoms with Crippen molar-refractivity contribution in [2.24, 2.45) is 0 Å². The van der Waals surface area contributed by atoms with Gasteiger partial charge < -0.3 is 0 Å². The SMILES string of the molecule is CC(Br)C(=O)C(C)(F)F. The van der Waals surface area contributed by atoms with Gasteiger partial charge in [0.1, 0.15) is 0 Å². The summed E-state index contributed by atoms with van der Waals surface area (Å²) >= 11 is 2.75. The van der Waals surface area contributed by atoms with Gasteiger partial charge in [0.15, 0.2) is 0 Å². The molecule has 1 nitrogen and oxygen atoms in total. The van der Waals surface area contributed by atoms with Gasteiger partial charge in [-0.3, -0.25) is 4.79 Å². The highest BCUT2D eigenvalue weighted by atomic mass is 79.9. The zero-order valence-electron chi connectivity index (χ0n) is 5.12. The molecule has 0 radical (unpaired) electrons. The van der Waals surface area contributed by atoms with E-state index in [0.717, 1.165) is 0 Å². The van der Waals surface area contributed by atoms with E-state index in [1.54, 1.807) is 0 Å². The van der Waals surface area contributed by atoms with Gasteiger partial charge >= 0.3 is 5.92 Å². The molecule has 0 fully saturated rings. The molecule has 0 aliphatic carbocycles. The van der Waals surface area contributed by atoms with Crippen molar-refractivity contribution >= 4 is 21.7 Å². The molecule has 1 unspecified atom stereocenters. The summed E-state index contributed by atoms with van der Waals surface area (Å²) in [6.07, 6.45) is 0. The van der Waals surface area contributed by atoms with E-state index in [1.165, 1.54) is 6.92 Å². The smallest absolute Gasteiger partial charge is 0.292 e. The molecular formula is C5H7BrF2O. The minimum absolute atomic E-state index is 0.590. The third kappa shape index (κ3) is 2.89. The Kier molecular flexibility index (Phi) is 2.73. The Morgan fingerprint density at radius 1 is 1.67 bits per heavy atom. The number of hydrogen-bond donors (Lipinski definition) is 0. The summed E-state index contributed by atoms with van der Waals surface area (Å²) < 4.78 is 24.0. The summed E-state index contributed by atoms with van der Waals surface area (Å²) in [4.78, 5) is 9.60. The minimum Gasteiger partial charge on any atom is -0.292 e. The average molecular weight is 201 g/mol. The minimum atomic E-state index is -3.21. The molecular weight excluding hydrogens is 194 g/mol. The van der Waals surface area contributed by atoms with Crippen LogP contribution in [0.3, 0.4) is 0 Å². The van der Waals surface area contributed by atoms with Crippen molar-refractivity contribution in [2.75, 3.05) is 0 Å². The monoisotopic (exact) mass is 200 g/mol. The van der Waals surface area contributed by atoms with E-state index in [2.05, 4.69) is 15.9 Å². The molecule has 4 heteroatoms. The summed E-state index contributed by atoms with van der Waals surface area (Å²) in [7, 11) is 0. The van der Waals surface area contributed by atoms with E-state index in [9.17, 15) is 13.6 Å². The van der Waals surface area contributed by atoms with Crippen LogP contribution in [-0.4, -0.2) is 16.5 Å². The lowest BCUT2D eigenvalue weighted by Gasteiger charge is -2.09. The van der Waals surface area contributed by atoms with Crippen molar-refractivity contribution in [1.29, 1.82) is 0 Å². The van der Waals surface area contributed by atoms with Crippen molar-refractivity contribution in [3.63, 3.8) is 0 Å². The van der Waals surface area contributed by atoms with Gasteiger partial charge in [-0.1, -0.05) is 15.9 Å². The molecule has 0 heterocycles. The summed E-state index contributed by atoms with van der Waals surface area (Å²) in [6, 6.07) is 0. The van der Waals surface area contributed by atoms with Crippen LogP contribution in [0.15, 0.2) is 0 Å². The van der Waals surface area contributed by atoms with Crippen LogP contribution in [0.4, 0.5) is 8.78 Å². The molecule has 0 spiro atoms. The zero-order chi connectivity index (χ0) is 7.65. The number of hydrogen-bond acceptors (Lipinski definition) is 1. The van der Waals surface area contributed by atoms with Gasteiger partial charge in [-0.05, 0) is 6.92 Å². The molecule has 0 aromatic carbocycles.